The van der Waals surface area contributed by atoms with Crippen molar-refractivity contribution in [3.63, 3.8) is 0 Å². The maximum absolute atomic E-state index is 12.7. The molecule has 0 atom stereocenters. The summed E-state index contributed by atoms with van der Waals surface area (Å²) in [6.45, 7) is 5.92. The highest BCUT2D eigenvalue weighted by Gasteiger charge is 2.27. The van der Waals surface area contributed by atoms with Gasteiger partial charge in [0.25, 0.3) is 5.91 Å². The van der Waals surface area contributed by atoms with E-state index in [9.17, 15) is 4.79 Å². The van der Waals surface area contributed by atoms with Crippen molar-refractivity contribution in [1.29, 1.82) is 0 Å². The Morgan fingerprint density at radius 3 is 2.97 bits per heavy atom. The van der Waals surface area contributed by atoms with Crippen LogP contribution < -0.4 is 10.6 Å². The summed E-state index contributed by atoms with van der Waals surface area (Å²) in [5, 5.41) is 10.8. The first-order chi connectivity index (χ1) is 14.1. The third-order valence-corrected chi connectivity index (χ3v) is 5.37. The number of nitrogens with one attached hydrogen (secondary N) is 2. The molecule has 0 fully saturated rings. The molecular weight excluding hydrogens is 366 g/mol. The van der Waals surface area contributed by atoms with E-state index in [2.05, 4.69) is 27.6 Å². The lowest BCUT2D eigenvalue weighted by Crippen LogP contribution is -2.17. The molecule has 0 unspecified atom stereocenters. The van der Waals surface area contributed by atoms with Crippen LogP contribution in [-0.2, 0) is 22.7 Å². The van der Waals surface area contributed by atoms with E-state index < -0.39 is 0 Å². The second-order valence-electron chi connectivity index (χ2n) is 7.33. The van der Waals surface area contributed by atoms with Gasteiger partial charge in [0.1, 0.15) is 0 Å². The molecule has 2 aliphatic rings. The summed E-state index contributed by atoms with van der Waals surface area (Å²) in [6.07, 6.45) is 3.64. The van der Waals surface area contributed by atoms with Gasteiger partial charge in [-0.15, -0.1) is 0 Å². The first kappa shape index (κ1) is 17.6. The van der Waals surface area contributed by atoms with Gasteiger partial charge in [0, 0.05) is 41.0 Å². The van der Waals surface area contributed by atoms with Gasteiger partial charge in [0.2, 0.25) is 0 Å². The van der Waals surface area contributed by atoms with Crippen LogP contribution in [0.4, 0.5) is 11.5 Å². The topological polar surface area (TPSA) is 81.1 Å². The van der Waals surface area contributed by atoms with Gasteiger partial charge in [-0.2, -0.15) is 5.10 Å². The normalized spacial score (nSPS) is 16.8. The van der Waals surface area contributed by atoms with Crippen molar-refractivity contribution in [2.75, 3.05) is 17.2 Å². The molecule has 0 radical (unpaired) electrons. The fraction of sp³-hybridized carbons (Fsp3) is 0.227. The zero-order chi connectivity index (χ0) is 20.0. The average molecular weight is 387 g/mol. The van der Waals surface area contributed by atoms with Crippen LogP contribution in [-0.4, -0.2) is 27.3 Å². The van der Waals surface area contributed by atoms with Crippen molar-refractivity contribution in [3.05, 3.63) is 65.2 Å². The van der Waals surface area contributed by atoms with Crippen LogP contribution in [0.2, 0.25) is 0 Å². The number of nitrogens with zero attached hydrogens (tertiary/aromatic N) is 3. The van der Waals surface area contributed by atoms with Crippen LogP contribution in [0.5, 0.6) is 0 Å². The van der Waals surface area contributed by atoms with Gasteiger partial charge in [0.15, 0.2) is 5.82 Å². The van der Waals surface area contributed by atoms with E-state index in [1.807, 2.05) is 48.1 Å². The monoisotopic (exact) mass is 387 g/mol. The molecular formula is C22H21N5O2. The number of aromatic nitrogens is 3. The van der Waals surface area contributed by atoms with Crippen molar-refractivity contribution < 1.29 is 9.53 Å². The average Bonchev–Trinajstić information content (AvgIpc) is 3.26. The number of amides is 1. The van der Waals surface area contributed by atoms with Crippen molar-refractivity contribution in [3.8, 4) is 11.1 Å². The second-order valence-corrected chi connectivity index (χ2v) is 7.33. The minimum Gasteiger partial charge on any atom is -0.373 e. The van der Waals surface area contributed by atoms with E-state index in [4.69, 9.17) is 4.74 Å². The Hall–Kier alpha value is -3.45. The lowest BCUT2D eigenvalue weighted by Gasteiger charge is -2.12. The Bertz CT molecular complexity index is 1140. The summed E-state index contributed by atoms with van der Waals surface area (Å²) < 4.78 is 7.41. The van der Waals surface area contributed by atoms with E-state index >= 15 is 0 Å². The van der Waals surface area contributed by atoms with Crippen LogP contribution >= 0.6 is 0 Å². The van der Waals surface area contributed by atoms with Crippen LogP contribution in [0.15, 0.2) is 48.4 Å². The Kier molecular flexibility index (Phi) is 4.17. The largest absolute Gasteiger partial charge is 0.373 e. The number of anilines is 2. The number of carbonyl (C=O) groups is 1. The first-order valence-electron chi connectivity index (χ1n) is 9.59. The van der Waals surface area contributed by atoms with Crippen LogP contribution in [0.3, 0.4) is 0 Å². The van der Waals surface area contributed by atoms with Crippen molar-refractivity contribution in [2.24, 2.45) is 0 Å². The number of fused-ring (bicyclic) bond motifs is 2. The summed E-state index contributed by atoms with van der Waals surface area (Å²) in [7, 11) is 0. The highest BCUT2D eigenvalue weighted by Crippen LogP contribution is 2.37. The molecule has 2 aliphatic heterocycles. The van der Waals surface area contributed by atoms with Crippen molar-refractivity contribution >= 4 is 23.0 Å². The number of hydrogen-bond donors (Lipinski definition) is 2. The SMILES string of the molecule is CC(Nc1cc2n(n1)CCOC2)=C1C(=O)Nc2ccc(-c3cnccc3C)cc21. The lowest BCUT2D eigenvalue weighted by molar-refractivity contribution is -0.110. The predicted octanol–water partition coefficient (Wildman–Crippen LogP) is 3.58. The van der Waals surface area contributed by atoms with Gasteiger partial charge in [0.05, 0.1) is 31.0 Å². The van der Waals surface area contributed by atoms with Gasteiger partial charge in [-0.3, -0.25) is 14.5 Å². The van der Waals surface area contributed by atoms with E-state index in [1.54, 1.807) is 6.20 Å². The molecule has 7 nitrogen and oxygen atoms in total. The maximum Gasteiger partial charge on any atom is 0.258 e. The number of ether oxygens (including phenoxy) is 1. The minimum atomic E-state index is -0.114. The molecule has 146 valence electrons. The molecule has 2 N–H and O–H groups in total. The molecule has 5 rings (SSSR count). The standard InChI is InChI=1S/C22H21N5O2/c1-13-5-6-23-11-18(13)15-3-4-19-17(9-15)21(22(28)25-19)14(2)24-20-10-16-12-29-8-7-27(16)26-20/h3-6,9-11H,7-8,12H2,1-2H3,(H,24,26)(H,25,28). The van der Waals surface area contributed by atoms with E-state index in [0.29, 0.717) is 18.8 Å². The number of pyridine rings is 1. The maximum atomic E-state index is 12.7. The number of benzene rings is 1. The van der Waals surface area contributed by atoms with Crippen molar-refractivity contribution in [2.45, 2.75) is 27.0 Å². The fourth-order valence-electron chi connectivity index (χ4n) is 3.88. The Balaban J connectivity index is 1.53. The summed E-state index contributed by atoms with van der Waals surface area (Å²) in [6, 6.07) is 9.95. The number of carbonyl (C=O) groups excluding carboxylic acids is 1. The Labute approximate surface area is 168 Å². The molecule has 7 heteroatoms. The summed E-state index contributed by atoms with van der Waals surface area (Å²) >= 11 is 0. The lowest BCUT2D eigenvalue weighted by atomic mass is 9.97. The van der Waals surface area contributed by atoms with E-state index in [0.717, 1.165) is 51.7 Å². The number of allylic oxidation sites excluding steroid dienone is 1. The molecule has 0 saturated heterocycles. The first-order valence-corrected chi connectivity index (χ1v) is 9.59. The molecule has 1 amide bonds. The van der Waals surface area contributed by atoms with Crippen LogP contribution in [0.25, 0.3) is 16.7 Å². The van der Waals surface area contributed by atoms with Gasteiger partial charge in [-0.1, -0.05) is 6.07 Å². The van der Waals surface area contributed by atoms with Gasteiger partial charge in [-0.25, -0.2) is 0 Å². The molecule has 29 heavy (non-hydrogen) atoms. The highest BCUT2D eigenvalue weighted by molar-refractivity contribution is 6.32. The molecule has 0 spiro atoms. The predicted molar refractivity (Wildman–Crippen MR) is 111 cm³/mol. The zero-order valence-electron chi connectivity index (χ0n) is 16.3. The number of rotatable bonds is 3. The third kappa shape index (κ3) is 3.09. The minimum absolute atomic E-state index is 0.114. The Morgan fingerprint density at radius 2 is 2.14 bits per heavy atom. The second kappa shape index (κ2) is 6.86. The van der Waals surface area contributed by atoms with Crippen LogP contribution in [0, 0.1) is 6.92 Å². The molecule has 0 aliphatic carbocycles. The third-order valence-electron chi connectivity index (χ3n) is 5.37. The van der Waals surface area contributed by atoms with Gasteiger partial charge < -0.3 is 15.4 Å². The summed E-state index contributed by atoms with van der Waals surface area (Å²) in [5.74, 6) is 0.605. The highest BCUT2D eigenvalue weighted by atomic mass is 16.5. The summed E-state index contributed by atoms with van der Waals surface area (Å²) in [5.41, 5.74) is 7.35. The molecule has 0 saturated carbocycles. The van der Waals surface area contributed by atoms with E-state index in [1.165, 1.54) is 0 Å². The van der Waals surface area contributed by atoms with Gasteiger partial charge in [-0.05, 0) is 43.2 Å². The number of aryl methyl sites for hydroxylation is 1. The fourth-order valence-corrected chi connectivity index (χ4v) is 3.88. The molecule has 0 bridgehead atoms. The number of hydrogen-bond acceptors (Lipinski definition) is 5. The van der Waals surface area contributed by atoms with E-state index in [-0.39, 0.29) is 5.91 Å². The smallest absolute Gasteiger partial charge is 0.258 e. The quantitative estimate of drug-likeness (QED) is 0.672. The molecule has 2 aromatic heterocycles. The van der Waals surface area contributed by atoms with Crippen molar-refractivity contribution in [1.82, 2.24) is 14.8 Å². The molecule has 1 aromatic carbocycles. The Morgan fingerprint density at radius 1 is 1.24 bits per heavy atom. The van der Waals surface area contributed by atoms with Gasteiger partial charge >= 0.3 is 0 Å². The van der Waals surface area contributed by atoms with Crippen LogP contribution in [0.1, 0.15) is 23.7 Å². The summed E-state index contributed by atoms with van der Waals surface area (Å²) in [4.78, 5) is 16.9. The zero-order valence-corrected chi connectivity index (χ0v) is 16.3. The molecule has 3 aromatic rings. The molecule has 4 heterocycles.